The lowest BCUT2D eigenvalue weighted by Gasteiger charge is -2.24. The summed E-state index contributed by atoms with van der Waals surface area (Å²) in [5.74, 6) is 2.04. The minimum Gasteiger partial charge on any atom is -0.477 e. The molecule has 23 heavy (non-hydrogen) atoms. The molecule has 0 aliphatic heterocycles. The maximum Gasteiger partial charge on any atom is 0.281 e. The summed E-state index contributed by atoms with van der Waals surface area (Å²) >= 11 is 1.41. The SMILES string of the molecule is Cc1ccc(Oc2nc3ccc(OCC4CCC4)nc3s2)cn1. The van der Waals surface area contributed by atoms with Gasteiger partial charge in [0.15, 0.2) is 4.83 Å². The van der Waals surface area contributed by atoms with Gasteiger partial charge in [-0.15, -0.1) is 0 Å². The van der Waals surface area contributed by atoms with Crippen LogP contribution in [0.5, 0.6) is 16.8 Å². The number of fused-ring (bicyclic) bond motifs is 1. The number of hydrogen-bond donors (Lipinski definition) is 0. The highest BCUT2D eigenvalue weighted by atomic mass is 32.1. The predicted molar refractivity (Wildman–Crippen MR) is 89.3 cm³/mol. The third-order valence-electron chi connectivity index (χ3n) is 3.99. The van der Waals surface area contributed by atoms with Crippen molar-refractivity contribution in [1.82, 2.24) is 15.0 Å². The zero-order chi connectivity index (χ0) is 15.6. The van der Waals surface area contributed by atoms with Gasteiger partial charge in [-0.05, 0) is 43.9 Å². The molecule has 0 aromatic carbocycles. The number of pyridine rings is 2. The summed E-state index contributed by atoms with van der Waals surface area (Å²) in [4.78, 5) is 14.0. The molecule has 5 nitrogen and oxygen atoms in total. The van der Waals surface area contributed by atoms with Crippen molar-refractivity contribution in [2.24, 2.45) is 5.92 Å². The highest BCUT2D eigenvalue weighted by Gasteiger charge is 2.18. The number of nitrogens with zero attached hydrogens (tertiary/aromatic N) is 3. The molecular weight excluding hydrogens is 310 g/mol. The first-order valence-electron chi connectivity index (χ1n) is 7.77. The van der Waals surface area contributed by atoms with E-state index in [1.807, 2.05) is 31.2 Å². The van der Waals surface area contributed by atoms with Gasteiger partial charge in [0.1, 0.15) is 11.3 Å². The molecule has 1 saturated carbocycles. The standard InChI is InChI=1S/C17H17N3O2S/c1-11-5-6-13(9-18-11)22-17-19-14-7-8-15(20-16(14)23-17)21-10-12-3-2-4-12/h5-9,12H,2-4,10H2,1H3. The first-order valence-corrected chi connectivity index (χ1v) is 8.59. The largest absolute Gasteiger partial charge is 0.477 e. The molecule has 4 rings (SSSR count). The Balaban J connectivity index is 1.49. The highest BCUT2D eigenvalue weighted by molar-refractivity contribution is 7.19. The maximum atomic E-state index is 5.78. The van der Waals surface area contributed by atoms with Crippen molar-refractivity contribution >= 4 is 21.7 Å². The number of thiazole rings is 1. The fourth-order valence-corrected chi connectivity index (χ4v) is 3.18. The van der Waals surface area contributed by atoms with E-state index in [1.165, 1.54) is 30.6 Å². The van der Waals surface area contributed by atoms with Gasteiger partial charge in [-0.2, -0.15) is 0 Å². The number of ether oxygens (including phenoxy) is 2. The van der Waals surface area contributed by atoms with Gasteiger partial charge in [-0.1, -0.05) is 17.8 Å². The van der Waals surface area contributed by atoms with Crippen molar-refractivity contribution < 1.29 is 9.47 Å². The van der Waals surface area contributed by atoms with Gasteiger partial charge in [-0.3, -0.25) is 4.98 Å². The van der Waals surface area contributed by atoms with E-state index in [4.69, 9.17) is 9.47 Å². The molecule has 1 aliphatic rings. The van der Waals surface area contributed by atoms with Crippen molar-refractivity contribution in [2.75, 3.05) is 6.61 Å². The van der Waals surface area contributed by atoms with E-state index in [9.17, 15) is 0 Å². The third-order valence-corrected chi connectivity index (χ3v) is 4.83. The maximum absolute atomic E-state index is 5.78. The van der Waals surface area contributed by atoms with Crippen LogP contribution in [0.3, 0.4) is 0 Å². The van der Waals surface area contributed by atoms with E-state index in [-0.39, 0.29) is 0 Å². The molecule has 0 bridgehead atoms. The van der Waals surface area contributed by atoms with Gasteiger partial charge in [0.05, 0.1) is 12.8 Å². The zero-order valence-corrected chi connectivity index (χ0v) is 13.7. The van der Waals surface area contributed by atoms with Gasteiger partial charge in [0.2, 0.25) is 5.88 Å². The minimum atomic E-state index is 0.564. The van der Waals surface area contributed by atoms with Crippen molar-refractivity contribution in [3.63, 3.8) is 0 Å². The molecule has 0 N–H and O–H groups in total. The number of aromatic nitrogens is 3. The second-order valence-electron chi connectivity index (χ2n) is 5.80. The normalized spacial score (nSPS) is 14.7. The first kappa shape index (κ1) is 14.4. The summed E-state index contributed by atoms with van der Waals surface area (Å²) < 4.78 is 11.5. The van der Waals surface area contributed by atoms with Crippen LogP contribution in [-0.4, -0.2) is 21.6 Å². The smallest absolute Gasteiger partial charge is 0.281 e. The summed E-state index contributed by atoms with van der Waals surface area (Å²) in [5, 5.41) is 0.564. The Morgan fingerprint density at radius 3 is 2.83 bits per heavy atom. The van der Waals surface area contributed by atoms with Crippen LogP contribution in [0.2, 0.25) is 0 Å². The lowest BCUT2D eigenvalue weighted by atomic mass is 9.86. The van der Waals surface area contributed by atoms with Crippen LogP contribution >= 0.6 is 11.3 Å². The number of rotatable bonds is 5. The van der Waals surface area contributed by atoms with Crippen LogP contribution < -0.4 is 9.47 Å². The molecule has 118 valence electrons. The number of hydrogen-bond acceptors (Lipinski definition) is 6. The molecule has 0 saturated heterocycles. The predicted octanol–water partition coefficient (Wildman–Crippen LogP) is 4.37. The first-order chi connectivity index (χ1) is 11.3. The molecule has 0 atom stereocenters. The van der Waals surface area contributed by atoms with Crippen LogP contribution in [0.4, 0.5) is 0 Å². The fraction of sp³-hybridized carbons (Fsp3) is 0.353. The molecular formula is C17H17N3O2S. The monoisotopic (exact) mass is 327 g/mol. The summed E-state index contributed by atoms with van der Waals surface area (Å²) in [5.41, 5.74) is 1.78. The lowest BCUT2D eigenvalue weighted by molar-refractivity contribution is 0.176. The van der Waals surface area contributed by atoms with Crippen molar-refractivity contribution in [3.05, 3.63) is 36.2 Å². The summed E-state index contributed by atoms with van der Waals surface area (Å²) in [6.45, 7) is 2.70. The topological polar surface area (TPSA) is 57.1 Å². The van der Waals surface area contributed by atoms with Crippen molar-refractivity contribution in [2.45, 2.75) is 26.2 Å². The van der Waals surface area contributed by atoms with E-state index >= 15 is 0 Å². The van der Waals surface area contributed by atoms with Crippen LogP contribution in [0, 0.1) is 12.8 Å². The molecule has 3 aromatic heterocycles. The van der Waals surface area contributed by atoms with Crippen LogP contribution in [0.1, 0.15) is 25.0 Å². The van der Waals surface area contributed by atoms with Crippen LogP contribution in [0.25, 0.3) is 10.3 Å². The Kier molecular flexibility index (Phi) is 3.83. The highest BCUT2D eigenvalue weighted by Crippen LogP contribution is 2.32. The molecule has 3 aromatic rings. The van der Waals surface area contributed by atoms with E-state index < -0.39 is 0 Å². The average Bonchev–Trinajstić information content (AvgIpc) is 2.89. The molecule has 0 spiro atoms. The molecule has 3 heterocycles. The van der Waals surface area contributed by atoms with Gasteiger partial charge in [0.25, 0.3) is 5.19 Å². The Bertz CT molecular complexity index is 812. The summed E-state index contributed by atoms with van der Waals surface area (Å²) in [6, 6.07) is 7.59. The second-order valence-corrected chi connectivity index (χ2v) is 6.74. The molecule has 0 unspecified atom stereocenters. The van der Waals surface area contributed by atoms with Crippen molar-refractivity contribution in [1.29, 1.82) is 0 Å². The second kappa shape index (κ2) is 6.12. The minimum absolute atomic E-state index is 0.564. The Morgan fingerprint density at radius 1 is 1.17 bits per heavy atom. The van der Waals surface area contributed by atoms with Gasteiger partial charge < -0.3 is 9.47 Å². The van der Waals surface area contributed by atoms with Gasteiger partial charge in [0, 0.05) is 11.8 Å². The van der Waals surface area contributed by atoms with Crippen LogP contribution in [0.15, 0.2) is 30.5 Å². The summed E-state index contributed by atoms with van der Waals surface area (Å²) in [6.07, 6.45) is 5.56. The van der Waals surface area contributed by atoms with E-state index in [2.05, 4.69) is 15.0 Å². The quantitative estimate of drug-likeness (QED) is 0.696. The van der Waals surface area contributed by atoms with Crippen LogP contribution in [-0.2, 0) is 0 Å². The van der Waals surface area contributed by atoms with Crippen molar-refractivity contribution in [3.8, 4) is 16.8 Å². The molecule has 1 aliphatic carbocycles. The van der Waals surface area contributed by atoms with E-state index in [0.29, 0.717) is 22.7 Å². The van der Waals surface area contributed by atoms with E-state index in [0.717, 1.165) is 22.6 Å². The molecule has 6 heteroatoms. The molecule has 0 amide bonds. The Labute approximate surface area is 138 Å². The Hall–Kier alpha value is -2.21. The fourth-order valence-electron chi connectivity index (χ4n) is 2.38. The molecule has 0 radical (unpaired) electrons. The van der Waals surface area contributed by atoms with Gasteiger partial charge >= 0.3 is 0 Å². The average molecular weight is 327 g/mol. The number of aryl methyl sites for hydroxylation is 1. The Morgan fingerprint density at radius 2 is 2.09 bits per heavy atom. The van der Waals surface area contributed by atoms with E-state index in [1.54, 1.807) is 6.20 Å². The van der Waals surface area contributed by atoms with Gasteiger partial charge in [-0.25, -0.2) is 9.97 Å². The summed E-state index contributed by atoms with van der Waals surface area (Å²) in [7, 11) is 0. The molecule has 1 fully saturated rings. The zero-order valence-electron chi connectivity index (χ0n) is 12.9. The third kappa shape index (κ3) is 3.27. The lowest BCUT2D eigenvalue weighted by Crippen LogP contribution is -2.19.